The van der Waals surface area contributed by atoms with Crippen LogP contribution in [-0.2, 0) is 0 Å². The zero-order chi connectivity index (χ0) is 10.4. The lowest BCUT2D eigenvalue weighted by molar-refractivity contribution is 0.617. The predicted molar refractivity (Wildman–Crippen MR) is 65.4 cm³/mol. The number of benzene rings is 1. The Hall–Kier alpha value is -0.600. The number of rotatable bonds is 4. The monoisotopic (exact) mass is 253 g/mol. The van der Waals surface area contributed by atoms with Gasteiger partial charge in [0.1, 0.15) is 0 Å². The summed E-state index contributed by atoms with van der Waals surface area (Å²) in [6.45, 7) is 5.13. The van der Waals surface area contributed by atoms with Gasteiger partial charge >= 0.3 is 0 Å². The van der Waals surface area contributed by atoms with Crippen LogP contribution in [0.3, 0.4) is 0 Å². The summed E-state index contributed by atoms with van der Waals surface area (Å²) in [5, 5.41) is 3.42. The Morgan fingerprint density at radius 3 is 2.57 bits per heavy atom. The highest BCUT2D eigenvalue weighted by atomic mass is 79.9. The van der Waals surface area contributed by atoms with Gasteiger partial charge in [0, 0.05) is 17.1 Å². The van der Waals surface area contributed by atoms with E-state index in [0.717, 1.165) is 11.0 Å². The van der Waals surface area contributed by atoms with Crippen LogP contribution in [0.4, 0.5) is 0 Å². The Kier molecular flexibility index (Phi) is 4.91. The molecule has 1 rings (SSSR count). The van der Waals surface area contributed by atoms with Crippen molar-refractivity contribution in [2.45, 2.75) is 19.9 Å². The van der Waals surface area contributed by atoms with Crippen molar-refractivity contribution >= 4 is 15.9 Å². The van der Waals surface area contributed by atoms with Crippen molar-refractivity contribution in [3.8, 4) is 0 Å². The Balaban J connectivity index is 2.51. The number of halogens is 1. The number of nitrogens with one attached hydrogen (secondary N) is 1. The first-order chi connectivity index (χ1) is 6.74. The average Bonchev–Trinajstić information content (AvgIpc) is 2.19. The molecular weight excluding hydrogens is 238 g/mol. The smallest absolute Gasteiger partial charge is 0.0294 e. The quantitative estimate of drug-likeness (QED) is 0.808. The van der Waals surface area contributed by atoms with Gasteiger partial charge in [0.05, 0.1) is 0 Å². The molecule has 1 aromatic rings. The third kappa shape index (κ3) is 3.64. The molecule has 0 unspecified atom stereocenters. The zero-order valence-corrected chi connectivity index (χ0v) is 10.2. The average molecular weight is 254 g/mol. The van der Waals surface area contributed by atoms with Gasteiger partial charge in [0.25, 0.3) is 0 Å². The van der Waals surface area contributed by atoms with Crippen molar-refractivity contribution in [3.63, 3.8) is 0 Å². The summed E-state index contributed by atoms with van der Waals surface area (Å²) >= 11 is 3.43. The fraction of sp³-hybridized carbons (Fsp3) is 0.333. The van der Waals surface area contributed by atoms with E-state index in [1.807, 2.05) is 6.92 Å². The molecule has 1 nitrogen and oxygen atoms in total. The molecule has 0 aromatic heterocycles. The molecule has 1 atom stereocenters. The van der Waals surface area contributed by atoms with Gasteiger partial charge in [-0.15, -0.1) is 0 Å². The molecule has 0 aliphatic carbocycles. The van der Waals surface area contributed by atoms with E-state index in [1.165, 1.54) is 5.56 Å². The normalized spacial score (nSPS) is 13.4. The fourth-order valence-corrected chi connectivity index (χ4v) is 1.50. The van der Waals surface area contributed by atoms with E-state index < -0.39 is 0 Å². The predicted octanol–water partition coefficient (Wildman–Crippen LogP) is 3.68. The maximum Gasteiger partial charge on any atom is 0.0294 e. The minimum atomic E-state index is 0.402. The highest BCUT2D eigenvalue weighted by molar-refractivity contribution is 9.10. The lowest BCUT2D eigenvalue weighted by Crippen LogP contribution is -2.18. The summed E-state index contributed by atoms with van der Waals surface area (Å²) < 4.78 is 1.13. The Morgan fingerprint density at radius 1 is 1.36 bits per heavy atom. The third-order valence-electron chi connectivity index (χ3n) is 2.15. The Labute approximate surface area is 94.3 Å². The number of allylic oxidation sites excluding steroid dienone is 1. The van der Waals surface area contributed by atoms with Crippen LogP contribution in [0.1, 0.15) is 25.5 Å². The molecule has 76 valence electrons. The van der Waals surface area contributed by atoms with Crippen LogP contribution in [0.25, 0.3) is 0 Å². The summed E-state index contributed by atoms with van der Waals surface area (Å²) in [7, 11) is 0. The summed E-state index contributed by atoms with van der Waals surface area (Å²) in [5.41, 5.74) is 1.32. The van der Waals surface area contributed by atoms with Crippen molar-refractivity contribution in [1.29, 1.82) is 0 Å². The van der Waals surface area contributed by atoms with Crippen molar-refractivity contribution in [3.05, 3.63) is 46.5 Å². The van der Waals surface area contributed by atoms with E-state index in [1.54, 1.807) is 0 Å². The SMILES string of the molecule is C/C=C/CN[C@@H](C)c1ccc(Br)cc1. The van der Waals surface area contributed by atoms with Gasteiger partial charge in [0.15, 0.2) is 0 Å². The van der Waals surface area contributed by atoms with Gasteiger partial charge in [-0.05, 0) is 31.5 Å². The lowest BCUT2D eigenvalue weighted by atomic mass is 10.1. The van der Waals surface area contributed by atoms with E-state index in [9.17, 15) is 0 Å². The molecular formula is C12H16BrN. The molecule has 0 heterocycles. The molecule has 0 spiro atoms. The molecule has 1 N–H and O–H groups in total. The maximum absolute atomic E-state index is 3.43. The number of hydrogen-bond donors (Lipinski definition) is 1. The summed E-state index contributed by atoms with van der Waals surface area (Å²) in [4.78, 5) is 0. The molecule has 0 aliphatic heterocycles. The van der Waals surface area contributed by atoms with Gasteiger partial charge in [-0.25, -0.2) is 0 Å². The van der Waals surface area contributed by atoms with Gasteiger partial charge in [-0.3, -0.25) is 0 Å². The van der Waals surface area contributed by atoms with Crippen molar-refractivity contribution < 1.29 is 0 Å². The molecule has 0 fully saturated rings. The topological polar surface area (TPSA) is 12.0 Å². The third-order valence-corrected chi connectivity index (χ3v) is 2.68. The second-order valence-corrected chi connectivity index (χ2v) is 4.17. The van der Waals surface area contributed by atoms with Crippen LogP contribution >= 0.6 is 15.9 Å². The van der Waals surface area contributed by atoms with Crippen LogP contribution in [0, 0.1) is 0 Å². The van der Waals surface area contributed by atoms with E-state index in [-0.39, 0.29) is 0 Å². The van der Waals surface area contributed by atoms with E-state index in [4.69, 9.17) is 0 Å². The molecule has 2 heteroatoms. The highest BCUT2D eigenvalue weighted by Gasteiger charge is 2.01. The summed E-state index contributed by atoms with van der Waals surface area (Å²) in [5.74, 6) is 0. The van der Waals surface area contributed by atoms with Gasteiger partial charge < -0.3 is 5.32 Å². The zero-order valence-electron chi connectivity index (χ0n) is 8.63. The van der Waals surface area contributed by atoms with Crippen LogP contribution < -0.4 is 5.32 Å². The Morgan fingerprint density at radius 2 is 2.00 bits per heavy atom. The van der Waals surface area contributed by atoms with Crippen LogP contribution in [0.2, 0.25) is 0 Å². The Bertz CT molecular complexity index is 290. The summed E-state index contributed by atoms with van der Waals surface area (Å²) in [6.07, 6.45) is 4.18. The van der Waals surface area contributed by atoms with E-state index in [2.05, 4.69) is 64.6 Å². The first kappa shape index (κ1) is 11.5. The molecule has 0 amide bonds. The first-order valence-corrected chi connectivity index (χ1v) is 5.63. The highest BCUT2D eigenvalue weighted by Crippen LogP contribution is 2.16. The van der Waals surface area contributed by atoms with E-state index >= 15 is 0 Å². The lowest BCUT2D eigenvalue weighted by Gasteiger charge is -2.12. The molecule has 0 bridgehead atoms. The van der Waals surface area contributed by atoms with Crippen molar-refractivity contribution in [1.82, 2.24) is 5.32 Å². The van der Waals surface area contributed by atoms with Crippen LogP contribution in [-0.4, -0.2) is 6.54 Å². The summed E-state index contributed by atoms with van der Waals surface area (Å²) in [6, 6.07) is 8.82. The fourth-order valence-electron chi connectivity index (χ4n) is 1.23. The molecule has 14 heavy (non-hydrogen) atoms. The van der Waals surface area contributed by atoms with Gasteiger partial charge in [0.2, 0.25) is 0 Å². The molecule has 0 saturated carbocycles. The minimum absolute atomic E-state index is 0.402. The molecule has 0 radical (unpaired) electrons. The second kappa shape index (κ2) is 5.99. The molecule has 0 aliphatic rings. The van der Waals surface area contributed by atoms with Gasteiger partial charge in [-0.2, -0.15) is 0 Å². The van der Waals surface area contributed by atoms with Crippen molar-refractivity contribution in [2.75, 3.05) is 6.54 Å². The van der Waals surface area contributed by atoms with Crippen molar-refractivity contribution in [2.24, 2.45) is 0 Å². The molecule has 1 aromatic carbocycles. The van der Waals surface area contributed by atoms with Crippen LogP contribution in [0.15, 0.2) is 40.9 Å². The maximum atomic E-state index is 3.43. The minimum Gasteiger partial charge on any atom is -0.307 e. The second-order valence-electron chi connectivity index (χ2n) is 3.25. The van der Waals surface area contributed by atoms with E-state index in [0.29, 0.717) is 6.04 Å². The van der Waals surface area contributed by atoms with Gasteiger partial charge in [-0.1, -0.05) is 40.2 Å². The molecule has 0 saturated heterocycles. The largest absolute Gasteiger partial charge is 0.307 e. The van der Waals surface area contributed by atoms with Crippen LogP contribution in [0.5, 0.6) is 0 Å². The number of hydrogen-bond acceptors (Lipinski definition) is 1. The first-order valence-electron chi connectivity index (χ1n) is 4.84. The standard InChI is InChI=1S/C12H16BrN/c1-3-4-9-14-10(2)11-5-7-12(13)8-6-11/h3-8,10,14H,9H2,1-2H3/b4-3+/t10-/m0/s1.